The molecule has 1 atom stereocenters. The second-order valence-electron chi connectivity index (χ2n) is 7.66. The molecule has 2 N–H and O–H groups in total. The van der Waals surface area contributed by atoms with Gasteiger partial charge >= 0.3 is 0 Å². The summed E-state index contributed by atoms with van der Waals surface area (Å²) in [6.45, 7) is 4.99. The van der Waals surface area contributed by atoms with Crippen LogP contribution in [0.2, 0.25) is 0 Å². The van der Waals surface area contributed by atoms with Crippen LogP contribution in [-0.2, 0) is 9.59 Å². The van der Waals surface area contributed by atoms with Crippen LogP contribution in [0.5, 0.6) is 5.75 Å². The predicted octanol–water partition coefficient (Wildman–Crippen LogP) is 1.95. The molecule has 2 amide bonds. The number of hydrogen-bond donors (Lipinski definition) is 2. The molecule has 1 fully saturated rings. The number of ether oxygens (including phenoxy) is 1. The summed E-state index contributed by atoms with van der Waals surface area (Å²) in [6.07, 6.45) is 0. The Morgan fingerprint density at radius 3 is 2.48 bits per heavy atom. The minimum absolute atomic E-state index is 0.176. The number of anilines is 1. The molecule has 8 heteroatoms. The molecule has 1 heterocycles. The third kappa shape index (κ3) is 6.68. The van der Waals surface area contributed by atoms with Crippen LogP contribution < -0.4 is 20.3 Å². The molecule has 0 aliphatic carbocycles. The van der Waals surface area contributed by atoms with Gasteiger partial charge in [0.05, 0.1) is 12.6 Å². The fourth-order valence-electron chi connectivity index (χ4n) is 3.47. The summed E-state index contributed by atoms with van der Waals surface area (Å²) < 4.78 is 19.3. The lowest BCUT2D eigenvalue weighted by atomic mass is 10.0. The van der Waals surface area contributed by atoms with Crippen LogP contribution >= 0.6 is 0 Å². The summed E-state index contributed by atoms with van der Waals surface area (Å²) in [7, 11) is 2.07. The maximum Gasteiger partial charge on any atom is 0.258 e. The van der Waals surface area contributed by atoms with E-state index in [4.69, 9.17) is 4.74 Å². The van der Waals surface area contributed by atoms with E-state index in [1.54, 1.807) is 18.2 Å². The van der Waals surface area contributed by atoms with Gasteiger partial charge in [-0.1, -0.05) is 18.2 Å². The first-order chi connectivity index (χ1) is 14.9. The minimum Gasteiger partial charge on any atom is -0.484 e. The molecule has 0 aromatic heterocycles. The van der Waals surface area contributed by atoms with Gasteiger partial charge in [0.2, 0.25) is 5.91 Å². The van der Waals surface area contributed by atoms with Crippen LogP contribution in [0.4, 0.5) is 10.1 Å². The second kappa shape index (κ2) is 10.8. The summed E-state index contributed by atoms with van der Waals surface area (Å²) in [6, 6.07) is 13.2. The third-order valence-electron chi connectivity index (χ3n) is 5.24. The molecule has 0 spiro atoms. The number of hydrogen-bond acceptors (Lipinski definition) is 5. The number of carbonyl (C=O) groups is 2. The lowest BCUT2D eigenvalue weighted by Crippen LogP contribution is -2.45. The molecule has 1 aliphatic heterocycles. The number of piperazine rings is 1. The van der Waals surface area contributed by atoms with Crippen molar-refractivity contribution in [2.45, 2.75) is 13.0 Å². The fourth-order valence-corrected chi connectivity index (χ4v) is 3.47. The van der Waals surface area contributed by atoms with Gasteiger partial charge in [-0.05, 0) is 44.3 Å². The Morgan fingerprint density at radius 2 is 1.77 bits per heavy atom. The van der Waals surface area contributed by atoms with E-state index >= 15 is 0 Å². The second-order valence-corrected chi connectivity index (χ2v) is 7.66. The molecular formula is C23H29FN4O3. The number of likely N-dealkylation sites (N-methyl/N-ethyl adjacent to an activating group) is 1. The summed E-state index contributed by atoms with van der Waals surface area (Å²) in [5, 5.41) is 5.38. The Morgan fingerprint density at radius 1 is 1.06 bits per heavy atom. The van der Waals surface area contributed by atoms with E-state index in [-0.39, 0.29) is 24.9 Å². The molecular weight excluding hydrogens is 399 g/mol. The van der Waals surface area contributed by atoms with E-state index in [0.717, 1.165) is 37.4 Å². The van der Waals surface area contributed by atoms with E-state index in [1.165, 1.54) is 12.1 Å². The molecule has 3 rings (SSSR count). The first-order valence-corrected chi connectivity index (χ1v) is 10.4. The van der Waals surface area contributed by atoms with Crippen molar-refractivity contribution >= 4 is 17.5 Å². The molecule has 0 radical (unpaired) electrons. The van der Waals surface area contributed by atoms with Gasteiger partial charge in [-0.15, -0.1) is 0 Å². The standard InChI is InChI=1S/C23H29FN4O3/c1-17(20-14-18(24)8-9-21(20)28-12-10-27(2)11-13-28)26-22(29)15-25-23(30)16-31-19-6-4-3-5-7-19/h3-9,14,17H,10-13,15-16H2,1-2H3,(H,25,30)(H,26,29). The SMILES string of the molecule is CC(NC(=O)CNC(=O)COc1ccccc1)c1cc(F)ccc1N1CCN(C)CC1. The van der Waals surface area contributed by atoms with E-state index in [0.29, 0.717) is 5.75 Å². The van der Waals surface area contributed by atoms with Gasteiger partial charge in [0.15, 0.2) is 6.61 Å². The van der Waals surface area contributed by atoms with Crippen LogP contribution in [0.1, 0.15) is 18.5 Å². The molecule has 0 bridgehead atoms. The van der Waals surface area contributed by atoms with E-state index < -0.39 is 11.9 Å². The molecule has 2 aromatic rings. The zero-order valence-corrected chi connectivity index (χ0v) is 17.9. The third-order valence-corrected chi connectivity index (χ3v) is 5.24. The molecule has 2 aromatic carbocycles. The highest BCUT2D eigenvalue weighted by molar-refractivity contribution is 5.85. The van der Waals surface area contributed by atoms with E-state index in [2.05, 4.69) is 27.5 Å². The Hall–Kier alpha value is -3.13. The van der Waals surface area contributed by atoms with Crippen LogP contribution in [0, 0.1) is 5.82 Å². The summed E-state index contributed by atoms with van der Waals surface area (Å²) in [5.74, 6) is -0.511. The lowest BCUT2D eigenvalue weighted by molar-refractivity contribution is -0.127. The molecule has 7 nitrogen and oxygen atoms in total. The highest BCUT2D eigenvalue weighted by Crippen LogP contribution is 2.28. The van der Waals surface area contributed by atoms with Crippen LogP contribution in [0.25, 0.3) is 0 Å². The Bertz CT molecular complexity index is 886. The predicted molar refractivity (Wildman–Crippen MR) is 118 cm³/mol. The topological polar surface area (TPSA) is 73.9 Å². The molecule has 1 unspecified atom stereocenters. The van der Waals surface area contributed by atoms with Crippen molar-refractivity contribution in [2.24, 2.45) is 0 Å². The zero-order chi connectivity index (χ0) is 22.2. The number of rotatable bonds is 8. The molecule has 166 valence electrons. The minimum atomic E-state index is -0.407. The van der Waals surface area contributed by atoms with Gasteiger partial charge in [-0.25, -0.2) is 4.39 Å². The average Bonchev–Trinajstić information content (AvgIpc) is 2.77. The molecule has 0 saturated carbocycles. The van der Waals surface area contributed by atoms with Crippen molar-refractivity contribution in [1.29, 1.82) is 0 Å². The van der Waals surface area contributed by atoms with Gasteiger partial charge in [0.25, 0.3) is 5.91 Å². The normalized spacial score (nSPS) is 15.3. The van der Waals surface area contributed by atoms with Crippen molar-refractivity contribution in [3.8, 4) is 5.75 Å². The van der Waals surface area contributed by atoms with E-state index in [1.807, 2.05) is 25.1 Å². The van der Waals surface area contributed by atoms with Gasteiger partial charge in [-0.2, -0.15) is 0 Å². The van der Waals surface area contributed by atoms with E-state index in [9.17, 15) is 14.0 Å². The lowest BCUT2D eigenvalue weighted by Gasteiger charge is -2.36. The average molecular weight is 429 g/mol. The Labute approximate surface area is 182 Å². The summed E-state index contributed by atoms with van der Waals surface area (Å²) in [5.41, 5.74) is 1.64. The van der Waals surface area contributed by atoms with Crippen molar-refractivity contribution in [2.75, 3.05) is 51.3 Å². The highest BCUT2D eigenvalue weighted by Gasteiger charge is 2.21. The van der Waals surface area contributed by atoms with Crippen LogP contribution in [0.15, 0.2) is 48.5 Å². The molecule has 31 heavy (non-hydrogen) atoms. The zero-order valence-electron chi connectivity index (χ0n) is 17.9. The fraction of sp³-hybridized carbons (Fsp3) is 0.391. The number of amides is 2. The van der Waals surface area contributed by atoms with Gasteiger partial charge in [0, 0.05) is 37.4 Å². The smallest absolute Gasteiger partial charge is 0.258 e. The number of nitrogens with zero attached hydrogens (tertiary/aromatic N) is 2. The first-order valence-electron chi connectivity index (χ1n) is 10.4. The molecule has 1 aliphatic rings. The monoisotopic (exact) mass is 428 g/mol. The summed E-state index contributed by atoms with van der Waals surface area (Å²) in [4.78, 5) is 28.7. The first kappa shape index (κ1) is 22.6. The Balaban J connectivity index is 1.52. The largest absolute Gasteiger partial charge is 0.484 e. The highest BCUT2D eigenvalue weighted by atomic mass is 19.1. The van der Waals surface area contributed by atoms with Gasteiger partial charge in [-0.3, -0.25) is 9.59 Å². The number of carbonyl (C=O) groups excluding carboxylic acids is 2. The van der Waals surface area contributed by atoms with Gasteiger partial charge in [0.1, 0.15) is 11.6 Å². The van der Waals surface area contributed by atoms with Crippen molar-refractivity contribution in [3.05, 3.63) is 59.9 Å². The summed E-state index contributed by atoms with van der Waals surface area (Å²) >= 11 is 0. The molecule has 1 saturated heterocycles. The van der Waals surface area contributed by atoms with Crippen LogP contribution in [-0.4, -0.2) is 63.1 Å². The quantitative estimate of drug-likeness (QED) is 0.672. The number of benzene rings is 2. The maximum atomic E-state index is 13.9. The Kier molecular flexibility index (Phi) is 7.83. The maximum absolute atomic E-state index is 13.9. The van der Waals surface area contributed by atoms with Crippen molar-refractivity contribution < 1.29 is 18.7 Å². The van der Waals surface area contributed by atoms with Crippen molar-refractivity contribution in [3.63, 3.8) is 0 Å². The number of para-hydroxylation sites is 1. The van der Waals surface area contributed by atoms with Crippen LogP contribution in [0.3, 0.4) is 0 Å². The number of nitrogens with one attached hydrogen (secondary N) is 2. The van der Waals surface area contributed by atoms with Gasteiger partial charge < -0.3 is 25.2 Å². The number of halogens is 1. The van der Waals surface area contributed by atoms with Crippen molar-refractivity contribution in [1.82, 2.24) is 15.5 Å².